The lowest BCUT2D eigenvalue weighted by Gasteiger charge is -2.21. The summed E-state index contributed by atoms with van der Waals surface area (Å²) in [5.41, 5.74) is 1.24. The maximum absolute atomic E-state index is 5.40. The van der Waals surface area contributed by atoms with E-state index in [9.17, 15) is 0 Å². The van der Waals surface area contributed by atoms with Gasteiger partial charge in [0, 0.05) is 24.6 Å². The van der Waals surface area contributed by atoms with Crippen LogP contribution in [-0.4, -0.2) is 27.4 Å². The molecular weight excluding hydrogens is 202 g/mol. The Labute approximate surface area is 96.8 Å². The van der Waals surface area contributed by atoms with E-state index in [4.69, 9.17) is 9.47 Å². The monoisotopic (exact) mass is 221 g/mol. The highest BCUT2D eigenvalue weighted by atomic mass is 16.5. The first-order valence-electron chi connectivity index (χ1n) is 5.72. The molecule has 2 atom stereocenters. The molecule has 0 aliphatic carbocycles. The molecule has 3 nitrogen and oxygen atoms in total. The molecule has 0 radical (unpaired) electrons. The molecule has 1 heterocycles. The van der Waals surface area contributed by atoms with Gasteiger partial charge in [-0.1, -0.05) is 18.2 Å². The molecule has 0 aromatic heterocycles. The van der Waals surface area contributed by atoms with Gasteiger partial charge in [-0.15, -0.1) is 0 Å². The average molecular weight is 221 g/mol. The van der Waals surface area contributed by atoms with E-state index in [1.54, 1.807) is 14.2 Å². The van der Waals surface area contributed by atoms with Crippen LogP contribution < -0.4 is 10.1 Å². The molecule has 2 unspecified atom stereocenters. The minimum Gasteiger partial charge on any atom is -0.496 e. The summed E-state index contributed by atoms with van der Waals surface area (Å²) in [6.07, 6.45) is 1.16. The van der Waals surface area contributed by atoms with Crippen LogP contribution in [0.15, 0.2) is 24.3 Å². The van der Waals surface area contributed by atoms with E-state index >= 15 is 0 Å². The second-order valence-corrected chi connectivity index (χ2v) is 4.18. The Morgan fingerprint density at radius 3 is 2.88 bits per heavy atom. The highest BCUT2D eigenvalue weighted by molar-refractivity contribution is 5.36. The third-order valence-electron chi connectivity index (χ3n) is 3.21. The fourth-order valence-corrected chi connectivity index (χ4v) is 2.44. The van der Waals surface area contributed by atoms with Gasteiger partial charge in [-0.05, 0) is 19.0 Å². The number of para-hydroxylation sites is 1. The van der Waals surface area contributed by atoms with Crippen molar-refractivity contribution >= 4 is 0 Å². The van der Waals surface area contributed by atoms with Crippen molar-refractivity contribution in [3.63, 3.8) is 0 Å². The maximum Gasteiger partial charge on any atom is 0.123 e. The molecule has 1 N–H and O–H groups in total. The average Bonchev–Trinajstić information content (AvgIpc) is 2.77. The number of hydrogen-bond acceptors (Lipinski definition) is 3. The molecule has 0 amide bonds. The summed E-state index contributed by atoms with van der Waals surface area (Å²) in [5.74, 6) is 1.50. The molecule has 0 spiro atoms. The highest BCUT2D eigenvalue weighted by Crippen LogP contribution is 2.34. The molecule has 0 bridgehead atoms. The van der Waals surface area contributed by atoms with Crippen LogP contribution in [0.25, 0.3) is 0 Å². The molecule has 1 aliphatic heterocycles. The quantitative estimate of drug-likeness (QED) is 0.843. The normalized spacial score (nSPS) is 24.6. The zero-order valence-corrected chi connectivity index (χ0v) is 9.90. The lowest BCUT2D eigenvalue weighted by Crippen LogP contribution is -2.21. The number of methoxy groups -OCH3 is 2. The summed E-state index contributed by atoms with van der Waals surface area (Å²) in [6.45, 7) is 1.85. The molecule has 3 heteroatoms. The minimum absolute atomic E-state index is 0.357. The number of rotatable bonds is 4. The van der Waals surface area contributed by atoms with E-state index in [2.05, 4.69) is 17.4 Å². The van der Waals surface area contributed by atoms with Gasteiger partial charge in [0.25, 0.3) is 0 Å². The molecule has 0 saturated carbocycles. The van der Waals surface area contributed by atoms with Crippen molar-refractivity contribution in [2.75, 3.05) is 27.4 Å². The minimum atomic E-state index is 0.357. The van der Waals surface area contributed by atoms with E-state index in [1.165, 1.54) is 5.56 Å². The van der Waals surface area contributed by atoms with Crippen LogP contribution in [0, 0.1) is 5.92 Å². The number of hydrogen-bond donors (Lipinski definition) is 1. The molecule has 1 fully saturated rings. The van der Waals surface area contributed by atoms with Crippen molar-refractivity contribution < 1.29 is 9.47 Å². The first-order valence-corrected chi connectivity index (χ1v) is 5.72. The van der Waals surface area contributed by atoms with Crippen molar-refractivity contribution in [2.24, 2.45) is 5.92 Å². The summed E-state index contributed by atoms with van der Waals surface area (Å²) in [6, 6.07) is 8.56. The van der Waals surface area contributed by atoms with Gasteiger partial charge < -0.3 is 14.8 Å². The van der Waals surface area contributed by atoms with Crippen molar-refractivity contribution in [3.8, 4) is 5.75 Å². The SMILES string of the molecule is COCC1CCNC1c1ccccc1OC. The Hall–Kier alpha value is -1.06. The summed E-state index contributed by atoms with van der Waals surface area (Å²) in [4.78, 5) is 0. The third-order valence-corrected chi connectivity index (χ3v) is 3.21. The van der Waals surface area contributed by atoms with Gasteiger partial charge in [-0.25, -0.2) is 0 Å². The second-order valence-electron chi connectivity index (χ2n) is 4.18. The van der Waals surface area contributed by atoms with E-state index in [-0.39, 0.29) is 0 Å². The van der Waals surface area contributed by atoms with Crippen molar-refractivity contribution in [1.82, 2.24) is 5.32 Å². The van der Waals surface area contributed by atoms with Crippen LogP contribution in [-0.2, 0) is 4.74 Å². The van der Waals surface area contributed by atoms with E-state index in [0.717, 1.165) is 25.3 Å². The fourth-order valence-electron chi connectivity index (χ4n) is 2.44. The lowest BCUT2D eigenvalue weighted by molar-refractivity contribution is 0.145. The topological polar surface area (TPSA) is 30.5 Å². The van der Waals surface area contributed by atoms with E-state index in [0.29, 0.717) is 12.0 Å². The van der Waals surface area contributed by atoms with Crippen LogP contribution in [0.3, 0.4) is 0 Å². The van der Waals surface area contributed by atoms with Gasteiger partial charge in [-0.2, -0.15) is 0 Å². The Kier molecular flexibility index (Phi) is 3.80. The standard InChI is InChI=1S/C13H19NO2/c1-15-9-10-7-8-14-13(10)11-5-3-4-6-12(11)16-2/h3-6,10,13-14H,7-9H2,1-2H3. The summed E-state index contributed by atoms with van der Waals surface area (Å²) < 4.78 is 10.7. The first-order chi connectivity index (χ1) is 7.86. The smallest absolute Gasteiger partial charge is 0.123 e. The zero-order chi connectivity index (χ0) is 11.4. The van der Waals surface area contributed by atoms with Crippen LogP contribution in [0.1, 0.15) is 18.0 Å². The van der Waals surface area contributed by atoms with Crippen molar-refractivity contribution in [2.45, 2.75) is 12.5 Å². The Morgan fingerprint density at radius 2 is 2.12 bits per heavy atom. The molecule has 16 heavy (non-hydrogen) atoms. The predicted octanol–water partition coefficient (Wildman–Crippen LogP) is 1.99. The summed E-state index contributed by atoms with van der Waals surface area (Å²) >= 11 is 0. The molecule has 1 aliphatic rings. The molecule has 1 saturated heterocycles. The maximum atomic E-state index is 5.40. The molecule has 1 aromatic rings. The zero-order valence-electron chi connectivity index (χ0n) is 9.90. The van der Waals surface area contributed by atoms with Gasteiger partial charge in [0.1, 0.15) is 5.75 Å². The Morgan fingerprint density at radius 1 is 1.31 bits per heavy atom. The summed E-state index contributed by atoms with van der Waals surface area (Å²) in [7, 11) is 3.48. The highest BCUT2D eigenvalue weighted by Gasteiger charge is 2.29. The van der Waals surface area contributed by atoms with Gasteiger partial charge >= 0.3 is 0 Å². The van der Waals surface area contributed by atoms with Crippen LogP contribution in [0.5, 0.6) is 5.75 Å². The fraction of sp³-hybridized carbons (Fsp3) is 0.538. The lowest BCUT2D eigenvalue weighted by atomic mass is 9.94. The van der Waals surface area contributed by atoms with Crippen LogP contribution in [0.2, 0.25) is 0 Å². The Balaban J connectivity index is 2.21. The van der Waals surface area contributed by atoms with Crippen molar-refractivity contribution in [1.29, 1.82) is 0 Å². The van der Waals surface area contributed by atoms with Crippen molar-refractivity contribution in [3.05, 3.63) is 29.8 Å². The molecular formula is C13H19NO2. The summed E-state index contributed by atoms with van der Waals surface area (Å²) in [5, 5.41) is 3.52. The predicted molar refractivity (Wildman–Crippen MR) is 63.7 cm³/mol. The van der Waals surface area contributed by atoms with Crippen LogP contribution >= 0.6 is 0 Å². The number of ether oxygens (including phenoxy) is 2. The van der Waals surface area contributed by atoms with Gasteiger partial charge in [-0.3, -0.25) is 0 Å². The van der Waals surface area contributed by atoms with E-state index < -0.39 is 0 Å². The largest absolute Gasteiger partial charge is 0.496 e. The molecule has 2 rings (SSSR count). The number of benzene rings is 1. The van der Waals surface area contributed by atoms with Gasteiger partial charge in [0.15, 0.2) is 0 Å². The first kappa shape index (κ1) is 11.4. The molecule has 1 aromatic carbocycles. The van der Waals surface area contributed by atoms with Gasteiger partial charge in [0.05, 0.1) is 13.7 Å². The Bertz CT molecular complexity index is 340. The van der Waals surface area contributed by atoms with E-state index in [1.807, 2.05) is 12.1 Å². The van der Waals surface area contributed by atoms with Crippen LogP contribution in [0.4, 0.5) is 0 Å². The second kappa shape index (κ2) is 5.32. The third kappa shape index (κ3) is 2.20. The van der Waals surface area contributed by atoms with Gasteiger partial charge in [0.2, 0.25) is 0 Å². The molecule has 88 valence electrons. The number of nitrogens with one attached hydrogen (secondary N) is 1.